The van der Waals surface area contributed by atoms with E-state index in [1.807, 2.05) is 43.9 Å². The molecule has 1 aromatic heterocycles. The second-order valence-corrected chi connectivity index (χ2v) is 5.18. The molecule has 1 aliphatic rings. The van der Waals surface area contributed by atoms with Crippen molar-refractivity contribution in [2.24, 2.45) is 0 Å². The molecule has 0 radical (unpaired) electrons. The number of hydrogen-bond acceptors (Lipinski definition) is 3. The van der Waals surface area contributed by atoms with Crippen molar-refractivity contribution in [1.82, 2.24) is 15.2 Å². The summed E-state index contributed by atoms with van der Waals surface area (Å²) in [5.74, 6) is 0.122. The number of aromatic nitrogens is 1. The quantitative estimate of drug-likeness (QED) is 0.838. The number of carbonyl (C=O) groups is 1. The van der Waals surface area contributed by atoms with Gasteiger partial charge in [-0.2, -0.15) is 0 Å². The predicted molar refractivity (Wildman–Crippen MR) is 75.5 cm³/mol. The molecule has 2 rings (SSSR count). The van der Waals surface area contributed by atoms with Crippen molar-refractivity contribution >= 4 is 5.91 Å². The molecule has 4 nitrogen and oxygen atoms in total. The summed E-state index contributed by atoms with van der Waals surface area (Å²) >= 11 is 0. The van der Waals surface area contributed by atoms with Crippen molar-refractivity contribution in [1.29, 1.82) is 0 Å². The second-order valence-electron chi connectivity index (χ2n) is 5.18. The van der Waals surface area contributed by atoms with Crippen LogP contribution in [0.3, 0.4) is 0 Å². The van der Waals surface area contributed by atoms with Crippen molar-refractivity contribution in [3.05, 3.63) is 41.2 Å². The highest BCUT2D eigenvalue weighted by atomic mass is 16.2. The summed E-state index contributed by atoms with van der Waals surface area (Å²) in [5.41, 5.74) is 3.02. The zero-order valence-electron chi connectivity index (χ0n) is 11.8. The van der Waals surface area contributed by atoms with Crippen LogP contribution in [0.4, 0.5) is 0 Å². The maximum Gasteiger partial charge on any atom is 0.250 e. The van der Waals surface area contributed by atoms with Gasteiger partial charge in [-0.25, -0.2) is 0 Å². The number of amides is 1. The molecule has 0 bridgehead atoms. The highest BCUT2D eigenvalue weighted by molar-refractivity contribution is 5.94. The normalized spacial score (nSPS) is 14.2. The van der Waals surface area contributed by atoms with E-state index >= 15 is 0 Å². The van der Waals surface area contributed by atoms with Gasteiger partial charge in [0.1, 0.15) is 0 Å². The molecule has 102 valence electrons. The van der Waals surface area contributed by atoms with Gasteiger partial charge < -0.3 is 10.2 Å². The van der Waals surface area contributed by atoms with E-state index in [-0.39, 0.29) is 11.9 Å². The molecule has 4 heteroatoms. The van der Waals surface area contributed by atoms with Gasteiger partial charge in [-0.3, -0.25) is 9.78 Å². The lowest BCUT2D eigenvalue weighted by molar-refractivity contribution is -0.129. The van der Waals surface area contributed by atoms with Crippen LogP contribution in [-0.4, -0.2) is 34.9 Å². The average Bonchev–Trinajstić information content (AvgIpc) is 2.34. The first-order chi connectivity index (χ1) is 9.09. The zero-order chi connectivity index (χ0) is 13.8. The first-order valence-corrected chi connectivity index (χ1v) is 6.70. The number of pyridine rings is 1. The van der Waals surface area contributed by atoms with Crippen LogP contribution in [0, 0.1) is 0 Å². The lowest BCUT2D eigenvalue weighted by Crippen LogP contribution is -2.41. The van der Waals surface area contributed by atoms with Crippen LogP contribution in [0.2, 0.25) is 0 Å². The first-order valence-electron chi connectivity index (χ1n) is 6.70. The van der Waals surface area contributed by atoms with Gasteiger partial charge in [0, 0.05) is 30.9 Å². The molecular formula is C15H21N3O. The Bertz CT molecular complexity index is 473. The fraction of sp³-hybridized carbons (Fsp3) is 0.467. The van der Waals surface area contributed by atoms with Gasteiger partial charge in [-0.05, 0) is 38.5 Å². The Morgan fingerprint density at radius 2 is 2.16 bits per heavy atom. The molecule has 0 spiro atoms. The van der Waals surface area contributed by atoms with Gasteiger partial charge in [-0.15, -0.1) is 0 Å². The summed E-state index contributed by atoms with van der Waals surface area (Å²) in [6, 6.07) is 5.96. The minimum atomic E-state index is 0.122. The minimum Gasteiger partial charge on any atom is -0.331 e. The monoisotopic (exact) mass is 259 g/mol. The smallest absolute Gasteiger partial charge is 0.250 e. The van der Waals surface area contributed by atoms with Crippen molar-refractivity contribution in [3.8, 4) is 0 Å². The summed E-state index contributed by atoms with van der Waals surface area (Å²) < 4.78 is 0. The molecular weight excluding hydrogens is 238 g/mol. The summed E-state index contributed by atoms with van der Waals surface area (Å²) in [6.07, 6.45) is 1.76. The summed E-state index contributed by atoms with van der Waals surface area (Å²) in [5, 5.41) is 3.17. The summed E-state index contributed by atoms with van der Waals surface area (Å²) in [7, 11) is 0. The Labute approximate surface area is 114 Å². The van der Waals surface area contributed by atoms with E-state index in [0.717, 1.165) is 24.4 Å². The van der Waals surface area contributed by atoms with E-state index in [9.17, 15) is 4.79 Å². The number of rotatable bonds is 4. The Hall–Kier alpha value is -1.68. The van der Waals surface area contributed by atoms with Crippen LogP contribution in [0.15, 0.2) is 35.5 Å². The van der Waals surface area contributed by atoms with Crippen LogP contribution in [0.1, 0.15) is 26.5 Å². The van der Waals surface area contributed by atoms with E-state index in [1.165, 1.54) is 5.57 Å². The Kier molecular flexibility index (Phi) is 4.32. The average molecular weight is 259 g/mol. The first kappa shape index (κ1) is 13.7. The highest BCUT2D eigenvalue weighted by Crippen LogP contribution is 2.15. The van der Waals surface area contributed by atoms with Crippen LogP contribution in [-0.2, 0) is 11.3 Å². The van der Waals surface area contributed by atoms with Crippen LogP contribution < -0.4 is 5.32 Å². The van der Waals surface area contributed by atoms with Gasteiger partial charge in [0.25, 0.3) is 0 Å². The lowest BCUT2D eigenvalue weighted by atomic mass is 10.0. The maximum atomic E-state index is 12.5. The van der Waals surface area contributed by atoms with E-state index in [1.54, 1.807) is 6.20 Å². The van der Waals surface area contributed by atoms with Gasteiger partial charge in [0.15, 0.2) is 0 Å². The number of carbonyl (C=O) groups excluding carboxylic acids is 1. The molecule has 1 saturated heterocycles. The van der Waals surface area contributed by atoms with Crippen molar-refractivity contribution in [3.63, 3.8) is 0 Å². The van der Waals surface area contributed by atoms with Crippen LogP contribution in [0.5, 0.6) is 0 Å². The molecule has 1 aliphatic heterocycles. The minimum absolute atomic E-state index is 0.122. The Balaban J connectivity index is 2.14. The molecule has 0 saturated carbocycles. The Morgan fingerprint density at radius 3 is 2.63 bits per heavy atom. The van der Waals surface area contributed by atoms with Gasteiger partial charge in [0.2, 0.25) is 5.91 Å². The molecule has 1 fully saturated rings. The summed E-state index contributed by atoms with van der Waals surface area (Å²) in [6.45, 7) is 8.25. The fourth-order valence-corrected chi connectivity index (χ4v) is 2.04. The van der Waals surface area contributed by atoms with Gasteiger partial charge in [0.05, 0.1) is 12.2 Å². The van der Waals surface area contributed by atoms with E-state index in [2.05, 4.69) is 10.3 Å². The fourth-order valence-electron chi connectivity index (χ4n) is 2.04. The molecule has 0 atom stereocenters. The van der Waals surface area contributed by atoms with Crippen LogP contribution >= 0.6 is 0 Å². The van der Waals surface area contributed by atoms with Gasteiger partial charge >= 0.3 is 0 Å². The molecule has 2 heterocycles. The lowest BCUT2D eigenvalue weighted by Gasteiger charge is -2.29. The second kappa shape index (κ2) is 5.97. The molecule has 1 amide bonds. The molecule has 0 aliphatic carbocycles. The highest BCUT2D eigenvalue weighted by Gasteiger charge is 2.23. The van der Waals surface area contributed by atoms with Crippen molar-refractivity contribution < 1.29 is 4.79 Å². The molecule has 0 aromatic carbocycles. The third-order valence-electron chi connectivity index (χ3n) is 3.47. The Morgan fingerprint density at radius 1 is 1.42 bits per heavy atom. The van der Waals surface area contributed by atoms with Crippen molar-refractivity contribution in [2.45, 2.75) is 33.4 Å². The third-order valence-corrected chi connectivity index (χ3v) is 3.47. The molecule has 1 N–H and O–H groups in total. The number of nitrogens with one attached hydrogen (secondary N) is 1. The largest absolute Gasteiger partial charge is 0.331 e. The van der Waals surface area contributed by atoms with E-state index in [0.29, 0.717) is 6.54 Å². The van der Waals surface area contributed by atoms with E-state index < -0.39 is 0 Å². The third kappa shape index (κ3) is 3.20. The number of hydrogen-bond donors (Lipinski definition) is 1. The van der Waals surface area contributed by atoms with Crippen LogP contribution in [0.25, 0.3) is 0 Å². The predicted octanol–water partition coefficient (Wildman–Crippen LogP) is 1.74. The SMILES string of the molecule is CC(C(=O)N(Cc1ccccn1)C(C)C)=C1CNC1. The summed E-state index contributed by atoms with van der Waals surface area (Å²) in [4.78, 5) is 18.7. The molecule has 1 aromatic rings. The van der Waals surface area contributed by atoms with E-state index in [4.69, 9.17) is 0 Å². The van der Waals surface area contributed by atoms with Gasteiger partial charge in [-0.1, -0.05) is 6.07 Å². The molecule has 19 heavy (non-hydrogen) atoms. The zero-order valence-corrected chi connectivity index (χ0v) is 11.8. The molecule has 0 unspecified atom stereocenters. The van der Waals surface area contributed by atoms with Crippen molar-refractivity contribution in [2.75, 3.05) is 13.1 Å². The maximum absolute atomic E-state index is 12.5. The number of nitrogens with zero attached hydrogens (tertiary/aromatic N) is 2. The standard InChI is InChI=1S/C15H21N3O/c1-11(2)18(10-14-6-4-5-7-17-14)15(19)12(3)13-8-16-9-13/h4-7,11,16H,8-10H2,1-3H3. The topological polar surface area (TPSA) is 45.2 Å².